The highest BCUT2D eigenvalue weighted by atomic mass is 79.9. The van der Waals surface area contributed by atoms with Gasteiger partial charge in [-0.05, 0) is 41.1 Å². The third kappa shape index (κ3) is 2.94. The summed E-state index contributed by atoms with van der Waals surface area (Å²) >= 11 is 3.56. The highest BCUT2D eigenvalue weighted by molar-refractivity contribution is 9.10. The van der Waals surface area contributed by atoms with Gasteiger partial charge in [0, 0.05) is 25.8 Å². The molecule has 0 bridgehead atoms. The van der Waals surface area contributed by atoms with Crippen molar-refractivity contribution >= 4 is 27.7 Å². The van der Waals surface area contributed by atoms with Crippen LogP contribution in [0.3, 0.4) is 0 Å². The molecule has 5 heteroatoms. The van der Waals surface area contributed by atoms with E-state index < -0.39 is 0 Å². The molecule has 2 unspecified atom stereocenters. The van der Waals surface area contributed by atoms with Gasteiger partial charge in [-0.2, -0.15) is 4.98 Å². The van der Waals surface area contributed by atoms with Crippen molar-refractivity contribution in [2.24, 2.45) is 11.8 Å². The van der Waals surface area contributed by atoms with Crippen LogP contribution in [-0.4, -0.2) is 29.6 Å². The van der Waals surface area contributed by atoms with Crippen LogP contribution in [-0.2, 0) is 0 Å². The number of hydrogen-bond donors (Lipinski definition) is 1. The van der Waals surface area contributed by atoms with Crippen molar-refractivity contribution < 1.29 is 0 Å². The zero-order chi connectivity index (χ0) is 13.1. The Bertz CT molecular complexity index is 410. The van der Waals surface area contributed by atoms with E-state index in [9.17, 15) is 0 Å². The van der Waals surface area contributed by atoms with Crippen LogP contribution in [0.15, 0.2) is 10.7 Å². The summed E-state index contributed by atoms with van der Waals surface area (Å²) in [6.07, 6.45) is 3.07. The highest BCUT2D eigenvalue weighted by Gasteiger charge is 2.25. The Hall–Kier alpha value is -0.840. The third-order valence-corrected chi connectivity index (χ3v) is 4.25. The molecule has 2 heterocycles. The van der Waals surface area contributed by atoms with Gasteiger partial charge in [-0.3, -0.25) is 0 Å². The van der Waals surface area contributed by atoms with Crippen molar-refractivity contribution in [2.45, 2.75) is 27.2 Å². The van der Waals surface area contributed by atoms with E-state index in [1.54, 1.807) is 0 Å². The van der Waals surface area contributed by atoms with E-state index in [0.717, 1.165) is 35.8 Å². The van der Waals surface area contributed by atoms with Gasteiger partial charge in [0.05, 0.1) is 4.47 Å². The highest BCUT2D eigenvalue weighted by Crippen LogP contribution is 2.30. The summed E-state index contributed by atoms with van der Waals surface area (Å²) < 4.78 is 0.978. The number of anilines is 2. The molecule has 2 rings (SSSR count). The first-order valence-corrected chi connectivity index (χ1v) is 7.42. The van der Waals surface area contributed by atoms with Crippen molar-refractivity contribution in [3.8, 4) is 0 Å². The number of piperidine rings is 1. The molecule has 0 radical (unpaired) electrons. The molecule has 0 amide bonds. The van der Waals surface area contributed by atoms with Gasteiger partial charge in [0.2, 0.25) is 5.95 Å². The third-order valence-electron chi connectivity index (χ3n) is 3.69. The van der Waals surface area contributed by atoms with E-state index in [-0.39, 0.29) is 0 Å². The van der Waals surface area contributed by atoms with Gasteiger partial charge in [-0.15, -0.1) is 0 Å². The molecule has 1 saturated heterocycles. The summed E-state index contributed by atoms with van der Waals surface area (Å²) in [6.45, 7) is 9.69. The predicted molar refractivity (Wildman–Crippen MR) is 79.1 cm³/mol. The van der Waals surface area contributed by atoms with E-state index in [0.29, 0.717) is 11.9 Å². The molecule has 1 N–H and O–H groups in total. The summed E-state index contributed by atoms with van der Waals surface area (Å²) in [5.41, 5.74) is 0. The Balaban J connectivity index is 2.19. The largest absolute Gasteiger partial charge is 0.355 e. The van der Waals surface area contributed by atoms with Gasteiger partial charge >= 0.3 is 0 Å². The first-order chi connectivity index (χ1) is 8.61. The van der Waals surface area contributed by atoms with Crippen LogP contribution in [0.4, 0.5) is 11.8 Å². The van der Waals surface area contributed by atoms with E-state index in [1.165, 1.54) is 6.42 Å². The van der Waals surface area contributed by atoms with Crippen LogP contribution in [0, 0.1) is 11.8 Å². The Morgan fingerprint density at radius 1 is 1.44 bits per heavy atom. The molecule has 1 aliphatic heterocycles. The smallest absolute Gasteiger partial charge is 0.224 e. The van der Waals surface area contributed by atoms with Crippen molar-refractivity contribution in [2.75, 3.05) is 29.9 Å². The van der Waals surface area contributed by atoms with Crippen LogP contribution in [0.1, 0.15) is 27.2 Å². The maximum atomic E-state index is 4.60. The fraction of sp³-hybridized carbons (Fsp3) is 0.692. The molecule has 100 valence electrons. The topological polar surface area (TPSA) is 41.1 Å². The summed E-state index contributed by atoms with van der Waals surface area (Å²) in [5, 5.41) is 3.16. The summed E-state index contributed by atoms with van der Waals surface area (Å²) in [4.78, 5) is 11.2. The molecule has 1 fully saturated rings. The lowest BCUT2D eigenvalue weighted by Crippen LogP contribution is -2.39. The number of halogens is 1. The summed E-state index contributed by atoms with van der Waals surface area (Å²) in [7, 11) is 0. The van der Waals surface area contributed by atoms with Crippen molar-refractivity contribution in [3.05, 3.63) is 10.7 Å². The number of hydrogen-bond acceptors (Lipinski definition) is 4. The van der Waals surface area contributed by atoms with Crippen molar-refractivity contribution in [3.63, 3.8) is 0 Å². The SMILES string of the molecule is CCNc1ncc(Br)c(N2CCC(C)C(C)C2)n1. The molecule has 0 aliphatic carbocycles. The van der Waals surface area contributed by atoms with Crippen LogP contribution < -0.4 is 10.2 Å². The molecule has 4 nitrogen and oxygen atoms in total. The van der Waals surface area contributed by atoms with Gasteiger partial charge in [-0.1, -0.05) is 13.8 Å². The molecular formula is C13H21BrN4. The second-order valence-electron chi connectivity index (χ2n) is 5.08. The number of rotatable bonds is 3. The lowest BCUT2D eigenvalue weighted by atomic mass is 9.89. The molecule has 1 aliphatic rings. The summed E-state index contributed by atoms with van der Waals surface area (Å²) in [5.74, 6) is 3.24. The van der Waals surface area contributed by atoms with E-state index in [4.69, 9.17) is 0 Å². The fourth-order valence-corrected chi connectivity index (χ4v) is 2.72. The fourth-order valence-electron chi connectivity index (χ4n) is 2.28. The van der Waals surface area contributed by atoms with Crippen molar-refractivity contribution in [1.82, 2.24) is 9.97 Å². The van der Waals surface area contributed by atoms with Crippen LogP contribution >= 0.6 is 15.9 Å². The quantitative estimate of drug-likeness (QED) is 0.931. The van der Waals surface area contributed by atoms with Crippen LogP contribution in [0.25, 0.3) is 0 Å². The Morgan fingerprint density at radius 3 is 2.89 bits per heavy atom. The number of nitrogens with one attached hydrogen (secondary N) is 1. The molecular weight excluding hydrogens is 292 g/mol. The zero-order valence-electron chi connectivity index (χ0n) is 11.3. The van der Waals surface area contributed by atoms with E-state index in [2.05, 4.69) is 56.9 Å². The van der Waals surface area contributed by atoms with Crippen LogP contribution in [0.5, 0.6) is 0 Å². The van der Waals surface area contributed by atoms with Crippen LogP contribution in [0.2, 0.25) is 0 Å². The summed E-state index contributed by atoms with van der Waals surface area (Å²) in [6, 6.07) is 0. The second kappa shape index (κ2) is 5.87. The molecule has 18 heavy (non-hydrogen) atoms. The second-order valence-corrected chi connectivity index (χ2v) is 5.94. The first kappa shape index (κ1) is 13.6. The van der Waals surface area contributed by atoms with E-state index >= 15 is 0 Å². The van der Waals surface area contributed by atoms with Gasteiger partial charge in [0.25, 0.3) is 0 Å². The first-order valence-electron chi connectivity index (χ1n) is 6.63. The van der Waals surface area contributed by atoms with E-state index in [1.807, 2.05) is 6.20 Å². The minimum Gasteiger partial charge on any atom is -0.355 e. The maximum Gasteiger partial charge on any atom is 0.224 e. The Kier molecular flexibility index (Phi) is 4.43. The lowest BCUT2D eigenvalue weighted by Gasteiger charge is -2.36. The number of nitrogens with zero attached hydrogens (tertiary/aromatic N) is 3. The molecule has 2 atom stereocenters. The molecule has 1 aromatic heterocycles. The molecule has 0 saturated carbocycles. The minimum atomic E-state index is 0.710. The molecule has 0 aromatic carbocycles. The average molecular weight is 313 g/mol. The predicted octanol–water partition coefficient (Wildman–Crippen LogP) is 3.15. The maximum absolute atomic E-state index is 4.60. The standard InChI is InChI=1S/C13H21BrN4/c1-4-15-13-16-7-11(14)12(17-13)18-6-5-9(2)10(3)8-18/h7,9-10H,4-6,8H2,1-3H3,(H,15,16,17). The normalized spacial score (nSPS) is 24.1. The van der Waals surface area contributed by atoms with Crippen molar-refractivity contribution in [1.29, 1.82) is 0 Å². The average Bonchev–Trinajstić information content (AvgIpc) is 2.35. The Labute approximate surface area is 117 Å². The minimum absolute atomic E-state index is 0.710. The van der Waals surface area contributed by atoms with Gasteiger partial charge in [0.1, 0.15) is 5.82 Å². The zero-order valence-corrected chi connectivity index (χ0v) is 12.9. The molecule has 1 aromatic rings. The van der Waals surface area contributed by atoms with Gasteiger partial charge < -0.3 is 10.2 Å². The monoisotopic (exact) mass is 312 g/mol. The number of aromatic nitrogens is 2. The Morgan fingerprint density at radius 2 is 2.22 bits per heavy atom. The lowest BCUT2D eigenvalue weighted by molar-refractivity contribution is 0.322. The van der Waals surface area contributed by atoms with Gasteiger partial charge in [0.15, 0.2) is 0 Å². The molecule has 0 spiro atoms. The van der Waals surface area contributed by atoms with Gasteiger partial charge in [-0.25, -0.2) is 4.98 Å².